The second kappa shape index (κ2) is 11.5. The number of hydrogen-bond donors (Lipinski definition) is 2. The molecular formula is C17H28N4O3. The van der Waals surface area contributed by atoms with Crippen LogP contribution >= 0.6 is 0 Å². The molecule has 1 atom stereocenters. The summed E-state index contributed by atoms with van der Waals surface area (Å²) in [4.78, 5) is 38.0. The molecule has 7 heteroatoms. The predicted molar refractivity (Wildman–Crippen MR) is 92.0 cm³/mol. The Kier molecular flexibility index (Phi) is 9.54. The summed E-state index contributed by atoms with van der Waals surface area (Å²) in [6.45, 7) is 7.10. The average Bonchev–Trinajstić information content (AvgIpc) is 3.06. The summed E-state index contributed by atoms with van der Waals surface area (Å²) in [5.41, 5.74) is 0. The number of carbonyl (C=O) groups is 3. The lowest BCUT2D eigenvalue weighted by Crippen LogP contribution is -2.48. The zero-order chi connectivity index (χ0) is 17.8. The lowest BCUT2D eigenvalue weighted by atomic mass is 10.2. The lowest BCUT2D eigenvalue weighted by Gasteiger charge is -2.26. The summed E-state index contributed by atoms with van der Waals surface area (Å²) in [5, 5.41) is 5.37. The van der Waals surface area contributed by atoms with Gasteiger partial charge in [0.1, 0.15) is 6.04 Å². The van der Waals surface area contributed by atoms with Gasteiger partial charge >= 0.3 is 0 Å². The highest BCUT2D eigenvalue weighted by atomic mass is 16.2. The number of nitrogens with zero attached hydrogens (tertiary/aromatic N) is 2. The fourth-order valence-corrected chi connectivity index (χ4v) is 2.63. The minimum Gasteiger partial charge on any atom is -0.355 e. The van der Waals surface area contributed by atoms with Crippen molar-refractivity contribution < 1.29 is 14.4 Å². The van der Waals surface area contributed by atoms with Gasteiger partial charge in [-0.25, -0.2) is 0 Å². The summed E-state index contributed by atoms with van der Waals surface area (Å²) < 4.78 is 0. The molecular weight excluding hydrogens is 308 g/mol. The van der Waals surface area contributed by atoms with Gasteiger partial charge in [-0.05, 0) is 32.4 Å². The molecule has 24 heavy (non-hydrogen) atoms. The summed E-state index contributed by atoms with van der Waals surface area (Å²) in [6, 6.07) is -0.545. The van der Waals surface area contributed by atoms with Gasteiger partial charge < -0.3 is 15.5 Å². The van der Waals surface area contributed by atoms with Crippen molar-refractivity contribution in [3.8, 4) is 11.8 Å². The molecule has 0 spiro atoms. The van der Waals surface area contributed by atoms with Gasteiger partial charge in [-0.15, -0.1) is 0 Å². The van der Waals surface area contributed by atoms with E-state index in [1.54, 1.807) is 0 Å². The number of likely N-dealkylation sites (tertiary alicyclic amines) is 1. The van der Waals surface area contributed by atoms with Crippen LogP contribution in [0, 0.1) is 11.8 Å². The van der Waals surface area contributed by atoms with E-state index >= 15 is 0 Å². The molecule has 1 heterocycles. The fraction of sp³-hybridized carbons (Fsp3) is 0.706. The maximum Gasteiger partial charge on any atom is 0.243 e. The molecule has 2 N–H and O–H groups in total. The van der Waals surface area contributed by atoms with Crippen molar-refractivity contribution in [2.75, 3.05) is 39.3 Å². The number of nitrogens with one attached hydrogen (secondary N) is 2. The van der Waals surface area contributed by atoms with Crippen LogP contribution in [0.1, 0.15) is 33.1 Å². The Morgan fingerprint density at radius 2 is 1.96 bits per heavy atom. The van der Waals surface area contributed by atoms with Crippen LogP contribution in [-0.4, -0.2) is 73.3 Å². The minimum atomic E-state index is -0.545. The van der Waals surface area contributed by atoms with Crippen LogP contribution < -0.4 is 10.6 Å². The van der Waals surface area contributed by atoms with E-state index in [1.807, 2.05) is 6.92 Å². The molecule has 0 bridgehead atoms. The van der Waals surface area contributed by atoms with E-state index in [9.17, 15) is 14.4 Å². The second-order valence-corrected chi connectivity index (χ2v) is 5.80. The zero-order valence-electron chi connectivity index (χ0n) is 14.6. The molecule has 1 saturated heterocycles. The summed E-state index contributed by atoms with van der Waals surface area (Å²) in [5.74, 6) is 5.63. The Hall–Kier alpha value is -2.07. The summed E-state index contributed by atoms with van der Waals surface area (Å²) in [7, 11) is 0. The average molecular weight is 336 g/mol. The quantitative estimate of drug-likeness (QED) is 0.442. The Balaban J connectivity index is 2.36. The van der Waals surface area contributed by atoms with Crippen LogP contribution in [0.5, 0.6) is 0 Å². The van der Waals surface area contributed by atoms with E-state index < -0.39 is 6.04 Å². The van der Waals surface area contributed by atoms with Gasteiger partial charge in [0.15, 0.2) is 0 Å². The number of rotatable bonds is 9. The number of amides is 3. The van der Waals surface area contributed by atoms with Gasteiger partial charge in [0.2, 0.25) is 18.2 Å². The molecule has 0 aromatic rings. The standard InChI is InChI=1S/C17H28N4O3/c1-3-16(21(14-22)13-9-18-15(2)23)17(24)19-8-4-5-10-20-11-6-7-12-20/h14,16H,3,6-13H2,1-2H3,(H,18,23)(H,19,24). The predicted octanol–water partition coefficient (Wildman–Crippen LogP) is -0.425. The molecule has 0 aromatic carbocycles. The topological polar surface area (TPSA) is 81.8 Å². The first-order valence-corrected chi connectivity index (χ1v) is 8.49. The molecule has 7 nitrogen and oxygen atoms in total. The highest BCUT2D eigenvalue weighted by molar-refractivity contribution is 5.83. The van der Waals surface area contributed by atoms with Crippen LogP contribution in [0.25, 0.3) is 0 Å². The highest BCUT2D eigenvalue weighted by Crippen LogP contribution is 2.05. The third kappa shape index (κ3) is 7.47. The summed E-state index contributed by atoms with van der Waals surface area (Å²) >= 11 is 0. The molecule has 134 valence electrons. The van der Waals surface area contributed by atoms with Gasteiger partial charge in [0, 0.05) is 20.0 Å². The second-order valence-electron chi connectivity index (χ2n) is 5.80. The first-order valence-electron chi connectivity index (χ1n) is 8.49. The maximum atomic E-state index is 12.2. The van der Waals surface area contributed by atoms with Gasteiger partial charge in [0.05, 0.1) is 13.1 Å². The molecule has 1 aliphatic heterocycles. The normalized spacial score (nSPS) is 15.1. The fourth-order valence-electron chi connectivity index (χ4n) is 2.63. The van der Waals surface area contributed by atoms with Gasteiger partial charge in [0.25, 0.3) is 0 Å². The molecule has 0 saturated carbocycles. The van der Waals surface area contributed by atoms with E-state index in [-0.39, 0.29) is 18.4 Å². The maximum absolute atomic E-state index is 12.2. The van der Waals surface area contributed by atoms with Crippen molar-refractivity contribution in [1.29, 1.82) is 0 Å². The SMILES string of the molecule is CCC(C(=O)NCC#CCN1CCCC1)N(C=O)CCNC(C)=O. The molecule has 3 amide bonds. The van der Waals surface area contributed by atoms with Crippen molar-refractivity contribution in [1.82, 2.24) is 20.4 Å². The molecule has 0 aliphatic carbocycles. The van der Waals surface area contributed by atoms with Gasteiger partial charge in [-0.3, -0.25) is 19.3 Å². The van der Waals surface area contributed by atoms with E-state index in [1.165, 1.54) is 24.7 Å². The first kappa shape index (κ1) is 20.0. The zero-order valence-corrected chi connectivity index (χ0v) is 14.6. The molecule has 0 aromatic heterocycles. The lowest BCUT2D eigenvalue weighted by molar-refractivity contribution is -0.133. The van der Waals surface area contributed by atoms with E-state index in [4.69, 9.17) is 0 Å². The number of carbonyl (C=O) groups excluding carboxylic acids is 3. The molecule has 1 aliphatic rings. The monoisotopic (exact) mass is 336 g/mol. The van der Waals surface area contributed by atoms with Crippen LogP contribution in [-0.2, 0) is 14.4 Å². The Labute approximate surface area is 144 Å². The van der Waals surface area contributed by atoms with Crippen molar-refractivity contribution in [3.05, 3.63) is 0 Å². The molecule has 1 fully saturated rings. The smallest absolute Gasteiger partial charge is 0.243 e. The van der Waals surface area contributed by atoms with E-state index in [0.29, 0.717) is 25.9 Å². The van der Waals surface area contributed by atoms with Crippen molar-refractivity contribution >= 4 is 18.2 Å². The van der Waals surface area contributed by atoms with Crippen molar-refractivity contribution in [3.63, 3.8) is 0 Å². The van der Waals surface area contributed by atoms with Gasteiger partial charge in [-0.1, -0.05) is 18.8 Å². The third-order valence-electron chi connectivity index (χ3n) is 3.95. The Morgan fingerprint density at radius 3 is 2.54 bits per heavy atom. The number of hydrogen-bond acceptors (Lipinski definition) is 4. The Bertz CT molecular complexity index is 478. The summed E-state index contributed by atoms with van der Waals surface area (Å²) in [6.07, 6.45) is 3.62. The van der Waals surface area contributed by atoms with Crippen LogP contribution in [0.15, 0.2) is 0 Å². The van der Waals surface area contributed by atoms with E-state index in [2.05, 4.69) is 27.4 Å². The first-order chi connectivity index (χ1) is 11.6. The largest absolute Gasteiger partial charge is 0.355 e. The molecule has 1 rings (SSSR count). The molecule has 0 radical (unpaired) electrons. The highest BCUT2D eigenvalue weighted by Gasteiger charge is 2.22. The third-order valence-corrected chi connectivity index (χ3v) is 3.95. The van der Waals surface area contributed by atoms with Crippen molar-refractivity contribution in [2.45, 2.75) is 39.2 Å². The van der Waals surface area contributed by atoms with Gasteiger partial charge in [-0.2, -0.15) is 0 Å². The minimum absolute atomic E-state index is 0.161. The van der Waals surface area contributed by atoms with Crippen LogP contribution in [0.4, 0.5) is 0 Å². The van der Waals surface area contributed by atoms with E-state index in [0.717, 1.165) is 19.6 Å². The van der Waals surface area contributed by atoms with Crippen LogP contribution in [0.3, 0.4) is 0 Å². The van der Waals surface area contributed by atoms with Crippen LogP contribution in [0.2, 0.25) is 0 Å². The Morgan fingerprint density at radius 1 is 1.25 bits per heavy atom. The molecule has 1 unspecified atom stereocenters. The van der Waals surface area contributed by atoms with Crippen molar-refractivity contribution in [2.24, 2.45) is 0 Å².